The topological polar surface area (TPSA) is 68.7 Å². The van der Waals surface area contributed by atoms with Gasteiger partial charge in [0.25, 0.3) is 0 Å². The maximum Gasteiger partial charge on any atom is 0.137 e. The molecule has 0 aliphatic carbocycles. The lowest BCUT2D eigenvalue weighted by Crippen LogP contribution is -2.12. The third-order valence-corrected chi connectivity index (χ3v) is 10.1. The zero-order valence-corrected chi connectivity index (χ0v) is 30.8. The molecular formula is C49H37N5O. The van der Waals surface area contributed by atoms with Crippen LogP contribution in [0.5, 0.6) is 11.5 Å². The summed E-state index contributed by atoms with van der Waals surface area (Å²) in [5.74, 6) is 2.18. The van der Waals surface area contributed by atoms with E-state index >= 15 is 0 Å². The first-order valence-corrected chi connectivity index (χ1v) is 18.4. The number of nitrogens with zero attached hydrogens (tertiary/aromatic N) is 5. The number of hydrogen-bond acceptors (Lipinski definition) is 4. The summed E-state index contributed by atoms with van der Waals surface area (Å²) in [6, 6.07) is 53.9. The van der Waals surface area contributed by atoms with Gasteiger partial charge < -0.3 is 9.30 Å². The lowest BCUT2D eigenvalue weighted by atomic mass is 9.82. The number of aromatic nitrogens is 4. The second-order valence-corrected chi connectivity index (χ2v) is 14.7. The largest absolute Gasteiger partial charge is 0.457 e. The van der Waals surface area contributed by atoms with Crippen LogP contribution in [0.25, 0.3) is 66.8 Å². The molecule has 0 saturated carbocycles. The zero-order valence-electron chi connectivity index (χ0n) is 30.8. The van der Waals surface area contributed by atoms with E-state index in [2.05, 4.69) is 132 Å². The molecule has 0 aliphatic rings. The van der Waals surface area contributed by atoms with Crippen LogP contribution in [0.2, 0.25) is 0 Å². The second-order valence-electron chi connectivity index (χ2n) is 14.7. The van der Waals surface area contributed by atoms with Gasteiger partial charge in [0.1, 0.15) is 17.3 Å². The third-order valence-electron chi connectivity index (χ3n) is 10.1. The van der Waals surface area contributed by atoms with Crippen LogP contribution in [-0.2, 0) is 5.41 Å². The first-order valence-electron chi connectivity index (χ1n) is 18.4. The Morgan fingerprint density at radius 1 is 0.600 bits per heavy atom. The van der Waals surface area contributed by atoms with E-state index in [0.717, 1.165) is 66.8 Å². The van der Waals surface area contributed by atoms with E-state index in [0.29, 0.717) is 17.1 Å². The van der Waals surface area contributed by atoms with Gasteiger partial charge in [0.2, 0.25) is 0 Å². The van der Waals surface area contributed by atoms with Crippen molar-refractivity contribution in [2.75, 3.05) is 0 Å². The zero-order chi connectivity index (χ0) is 37.5. The van der Waals surface area contributed by atoms with Crippen LogP contribution in [0.3, 0.4) is 0 Å². The highest BCUT2D eigenvalue weighted by Crippen LogP contribution is 2.41. The number of nitriles is 1. The van der Waals surface area contributed by atoms with Crippen LogP contribution in [0.15, 0.2) is 170 Å². The van der Waals surface area contributed by atoms with Gasteiger partial charge in [-0.3, -0.25) is 4.57 Å². The molecule has 0 spiro atoms. The van der Waals surface area contributed by atoms with E-state index in [4.69, 9.17) is 9.72 Å². The fourth-order valence-corrected chi connectivity index (χ4v) is 7.34. The van der Waals surface area contributed by atoms with Crippen molar-refractivity contribution in [3.63, 3.8) is 0 Å². The van der Waals surface area contributed by atoms with Crippen molar-refractivity contribution in [1.29, 1.82) is 5.26 Å². The lowest BCUT2D eigenvalue weighted by molar-refractivity contribution is 0.483. The van der Waals surface area contributed by atoms with Crippen molar-refractivity contribution in [2.24, 2.45) is 0 Å². The summed E-state index contributed by atoms with van der Waals surface area (Å²) < 4.78 is 10.8. The summed E-state index contributed by atoms with van der Waals surface area (Å²) in [4.78, 5) is 9.61. The predicted molar refractivity (Wildman–Crippen MR) is 222 cm³/mol. The van der Waals surface area contributed by atoms with Gasteiger partial charge in [-0.1, -0.05) is 99.6 Å². The molecular weight excluding hydrogens is 675 g/mol. The number of imidazole rings is 1. The minimum atomic E-state index is -0.0490. The van der Waals surface area contributed by atoms with Crippen molar-refractivity contribution in [2.45, 2.75) is 26.2 Å². The Labute approximate surface area is 320 Å². The lowest BCUT2D eigenvalue weighted by Gasteiger charge is -2.25. The van der Waals surface area contributed by atoms with Crippen LogP contribution in [-0.4, -0.2) is 19.1 Å². The standard InChI is InChI=1S/C49H37N5O/c1-49(2,3)37-27-41(34-13-6-4-7-14-34)48(42(28-37)35-15-8-5-9-16-35)53-31-44(52-32-53)36-17-12-18-38(26-36)55-39-21-22-40-43-25-33(30-50)20-23-45(43)54(46(40)29-39)47-19-10-11-24-51-47/h4-29,31-32H,1-3H3. The molecule has 0 radical (unpaired) electrons. The molecule has 3 aromatic heterocycles. The fourth-order valence-electron chi connectivity index (χ4n) is 7.34. The molecule has 0 aliphatic heterocycles. The Balaban J connectivity index is 1.11. The summed E-state index contributed by atoms with van der Waals surface area (Å²) in [6.45, 7) is 6.79. The van der Waals surface area contributed by atoms with Crippen molar-refractivity contribution in [1.82, 2.24) is 19.1 Å². The van der Waals surface area contributed by atoms with E-state index in [-0.39, 0.29) is 5.41 Å². The number of pyridine rings is 1. The van der Waals surface area contributed by atoms with Crippen LogP contribution >= 0.6 is 0 Å². The van der Waals surface area contributed by atoms with E-state index in [9.17, 15) is 5.26 Å². The highest BCUT2D eigenvalue weighted by atomic mass is 16.5. The summed E-state index contributed by atoms with van der Waals surface area (Å²) in [6.07, 6.45) is 5.81. The normalized spacial score (nSPS) is 11.5. The summed E-state index contributed by atoms with van der Waals surface area (Å²) in [5.41, 5.74) is 11.2. The molecule has 9 rings (SSSR count). The first-order chi connectivity index (χ1) is 26.8. The molecule has 6 nitrogen and oxygen atoms in total. The SMILES string of the molecule is CC(C)(C)c1cc(-c2ccccc2)c(-n2cnc(-c3cccc(Oc4ccc5c6cc(C#N)ccc6n(-c6ccccn6)c5c4)c3)c2)c(-c2ccccc2)c1. The highest BCUT2D eigenvalue weighted by Gasteiger charge is 2.22. The van der Waals surface area contributed by atoms with Crippen molar-refractivity contribution in [3.8, 4) is 62.6 Å². The number of ether oxygens (including phenoxy) is 1. The second kappa shape index (κ2) is 13.6. The number of hydrogen-bond donors (Lipinski definition) is 0. The molecule has 3 heterocycles. The number of benzene rings is 6. The van der Waals surface area contributed by atoms with E-state index in [1.54, 1.807) is 6.20 Å². The molecule has 6 aromatic carbocycles. The van der Waals surface area contributed by atoms with Crippen LogP contribution in [0.1, 0.15) is 31.9 Å². The van der Waals surface area contributed by atoms with E-state index < -0.39 is 0 Å². The molecule has 0 unspecified atom stereocenters. The molecule has 264 valence electrons. The average molecular weight is 712 g/mol. The molecule has 0 fully saturated rings. The fraction of sp³-hybridized carbons (Fsp3) is 0.0816. The molecule has 55 heavy (non-hydrogen) atoms. The predicted octanol–water partition coefficient (Wildman–Crippen LogP) is 12.3. The number of rotatable bonds is 7. The maximum absolute atomic E-state index is 9.63. The summed E-state index contributed by atoms with van der Waals surface area (Å²) >= 11 is 0. The van der Waals surface area contributed by atoms with E-state index in [1.165, 1.54) is 5.56 Å². The van der Waals surface area contributed by atoms with Gasteiger partial charge in [0.05, 0.1) is 40.4 Å². The monoisotopic (exact) mass is 711 g/mol. The average Bonchev–Trinajstić information content (AvgIpc) is 3.84. The quantitative estimate of drug-likeness (QED) is 0.165. The van der Waals surface area contributed by atoms with Gasteiger partial charge >= 0.3 is 0 Å². The van der Waals surface area contributed by atoms with Gasteiger partial charge in [0, 0.05) is 45.9 Å². The van der Waals surface area contributed by atoms with Gasteiger partial charge in [-0.15, -0.1) is 0 Å². The molecule has 6 heteroatoms. The Bertz CT molecular complexity index is 2820. The van der Waals surface area contributed by atoms with Crippen LogP contribution in [0, 0.1) is 11.3 Å². The molecule has 0 bridgehead atoms. The minimum Gasteiger partial charge on any atom is -0.457 e. The number of fused-ring (bicyclic) bond motifs is 3. The smallest absolute Gasteiger partial charge is 0.137 e. The highest BCUT2D eigenvalue weighted by molar-refractivity contribution is 6.10. The molecule has 0 atom stereocenters. The molecule has 0 N–H and O–H groups in total. The van der Waals surface area contributed by atoms with Crippen molar-refractivity contribution in [3.05, 3.63) is 182 Å². The molecule has 0 amide bonds. The first kappa shape index (κ1) is 33.6. The van der Waals surface area contributed by atoms with Gasteiger partial charge in [-0.2, -0.15) is 5.26 Å². The summed E-state index contributed by atoms with van der Waals surface area (Å²) in [7, 11) is 0. The van der Waals surface area contributed by atoms with E-state index in [1.807, 2.05) is 73.1 Å². The Hall–Kier alpha value is -7.23. The molecule has 9 aromatic rings. The van der Waals surface area contributed by atoms with Crippen molar-refractivity contribution < 1.29 is 4.74 Å². The Kier molecular flexibility index (Phi) is 8.33. The third kappa shape index (κ3) is 6.32. The van der Waals surface area contributed by atoms with Gasteiger partial charge in [-0.25, -0.2) is 9.97 Å². The van der Waals surface area contributed by atoms with Crippen LogP contribution in [0.4, 0.5) is 0 Å². The molecule has 0 saturated heterocycles. The maximum atomic E-state index is 9.63. The van der Waals surface area contributed by atoms with Gasteiger partial charge in [0.15, 0.2) is 0 Å². The van der Waals surface area contributed by atoms with Gasteiger partial charge in [-0.05, 0) is 88.8 Å². The minimum absolute atomic E-state index is 0.0490. The van der Waals surface area contributed by atoms with Crippen LogP contribution < -0.4 is 4.74 Å². The Morgan fingerprint density at radius 2 is 1.29 bits per heavy atom. The van der Waals surface area contributed by atoms with Crippen molar-refractivity contribution >= 4 is 21.8 Å². The summed E-state index contributed by atoms with van der Waals surface area (Å²) in [5, 5.41) is 11.6. The Morgan fingerprint density at radius 3 is 1.96 bits per heavy atom.